The van der Waals surface area contributed by atoms with Crippen molar-refractivity contribution < 1.29 is 13.2 Å². The van der Waals surface area contributed by atoms with Gasteiger partial charge in [0.15, 0.2) is 0 Å². The summed E-state index contributed by atoms with van der Waals surface area (Å²) in [7, 11) is -3.27. The van der Waals surface area contributed by atoms with Gasteiger partial charge in [-0.25, -0.2) is 0 Å². The van der Waals surface area contributed by atoms with Crippen LogP contribution in [0.5, 0.6) is 0 Å². The standard InChI is InChI=1S/C11H22N2O3S/c1-11-10-16-9-8-13(11)17(14,15)12-6-4-2-3-5-7-12/h11H,2-10H2,1H3/t11-/m0/s1. The van der Waals surface area contributed by atoms with E-state index in [4.69, 9.17) is 4.74 Å². The van der Waals surface area contributed by atoms with Crippen LogP contribution >= 0.6 is 0 Å². The smallest absolute Gasteiger partial charge is 0.282 e. The predicted molar refractivity (Wildman–Crippen MR) is 65.9 cm³/mol. The zero-order valence-electron chi connectivity index (χ0n) is 10.5. The highest BCUT2D eigenvalue weighted by Gasteiger charge is 2.34. The number of rotatable bonds is 2. The van der Waals surface area contributed by atoms with Crippen molar-refractivity contribution in [3.05, 3.63) is 0 Å². The first-order chi connectivity index (χ1) is 8.12. The normalized spacial score (nSPS) is 30.1. The van der Waals surface area contributed by atoms with Gasteiger partial charge in [0.2, 0.25) is 0 Å². The van der Waals surface area contributed by atoms with Gasteiger partial charge in [0.1, 0.15) is 0 Å². The van der Waals surface area contributed by atoms with Crippen LogP contribution in [0.15, 0.2) is 0 Å². The fourth-order valence-electron chi connectivity index (χ4n) is 2.48. The first kappa shape index (κ1) is 13.3. The van der Waals surface area contributed by atoms with Crippen LogP contribution in [0.3, 0.4) is 0 Å². The Hall–Kier alpha value is -0.170. The van der Waals surface area contributed by atoms with Crippen molar-refractivity contribution in [2.45, 2.75) is 38.6 Å². The van der Waals surface area contributed by atoms with Gasteiger partial charge in [-0.05, 0) is 19.8 Å². The third kappa shape index (κ3) is 2.99. The highest BCUT2D eigenvalue weighted by molar-refractivity contribution is 7.86. The number of hydrogen-bond donors (Lipinski definition) is 0. The van der Waals surface area contributed by atoms with Gasteiger partial charge < -0.3 is 4.74 Å². The summed E-state index contributed by atoms with van der Waals surface area (Å²) in [5.41, 5.74) is 0. The minimum atomic E-state index is -3.27. The molecule has 100 valence electrons. The Kier molecular flexibility index (Phi) is 4.41. The van der Waals surface area contributed by atoms with Crippen LogP contribution in [-0.2, 0) is 14.9 Å². The molecule has 2 aliphatic heterocycles. The molecular formula is C11H22N2O3S. The summed E-state index contributed by atoms with van der Waals surface area (Å²) in [4.78, 5) is 0. The highest BCUT2D eigenvalue weighted by Crippen LogP contribution is 2.19. The lowest BCUT2D eigenvalue weighted by Gasteiger charge is -2.35. The van der Waals surface area contributed by atoms with Gasteiger partial charge in [-0.15, -0.1) is 0 Å². The van der Waals surface area contributed by atoms with Gasteiger partial charge >= 0.3 is 0 Å². The molecule has 5 nitrogen and oxygen atoms in total. The van der Waals surface area contributed by atoms with E-state index in [0.29, 0.717) is 32.8 Å². The van der Waals surface area contributed by atoms with Crippen molar-refractivity contribution in [3.63, 3.8) is 0 Å². The fourth-order valence-corrected chi connectivity index (χ4v) is 4.31. The van der Waals surface area contributed by atoms with Crippen molar-refractivity contribution in [2.75, 3.05) is 32.8 Å². The van der Waals surface area contributed by atoms with Crippen LogP contribution < -0.4 is 0 Å². The van der Waals surface area contributed by atoms with Crippen molar-refractivity contribution in [1.82, 2.24) is 8.61 Å². The van der Waals surface area contributed by atoms with E-state index in [1.807, 2.05) is 6.92 Å². The third-order valence-corrected chi connectivity index (χ3v) is 5.65. The molecule has 2 heterocycles. The summed E-state index contributed by atoms with van der Waals surface area (Å²) < 4.78 is 33.5. The Morgan fingerprint density at radius 2 is 1.71 bits per heavy atom. The molecule has 0 N–H and O–H groups in total. The number of nitrogens with zero attached hydrogens (tertiary/aromatic N) is 2. The molecule has 0 amide bonds. The van der Waals surface area contributed by atoms with E-state index in [1.54, 1.807) is 8.61 Å². The fraction of sp³-hybridized carbons (Fsp3) is 1.00. The first-order valence-corrected chi connectivity index (χ1v) is 7.87. The Balaban J connectivity index is 2.10. The van der Waals surface area contributed by atoms with Gasteiger partial charge in [0, 0.05) is 25.7 Å². The second-order valence-electron chi connectivity index (χ2n) is 4.86. The molecule has 0 aromatic heterocycles. The van der Waals surface area contributed by atoms with Crippen LogP contribution in [0, 0.1) is 0 Å². The van der Waals surface area contributed by atoms with E-state index < -0.39 is 10.2 Å². The molecule has 0 aliphatic carbocycles. The second-order valence-corrected chi connectivity index (χ2v) is 6.74. The molecule has 2 rings (SSSR count). The molecule has 0 spiro atoms. The molecular weight excluding hydrogens is 240 g/mol. The first-order valence-electron chi connectivity index (χ1n) is 6.47. The Morgan fingerprint density at radius 1 is 1.06 bits per heavy atom. The van der Waals surface area contributed by atoms with Crippen LogP contribution in [0.4, 0.5) is 0 Å². The maximum absolute atomic E-state index is 12.5. The maximum Gasteiger partial charge on any atom is 0.282 e. The van der Waals surface area contributed by atoms with E-state index in [9.17, 15) is 8.42 Å². The van der Waals surface area contributed by atoms with Gasteiger partial charge in [-0.2, -0.15) is 17.0 Å². The Bertz CT molecular complexity index is 337. The number of hydrogen-bond acceptors (Lipinski definition) is 3. The Morgan fingerprint density at radius 3 is 2.29 bits per heavy atom. The largest absolute Gasteiger partial charge is 0.378 e. The van der Waals surface area contributed by atoms with Gasteiger partial charge in [0.05, 0.1) is 13.2 Å². The average molecular weight is 262 g/mol. The number of ether oxygens (including phenoxy) is 1. The molecule has 2 saturated heterocycles. The second kappa shape index (κ2) is 5.65. The van der Waals surface area contributed by atoms with Crippen LogP contribution in [0.25, 0.3) is 0 Å². The van der Waals surface area contributed by atoms with Gasteiger partial charge in [-0.3, -0.25) is 0 Å². The van der Waals surface area contributed by atoms with E-state index >= 15 is 0 Å². The predicted octanol–water partition coefficient (Wildman–Crippen LogP) is 0.828. The van der Waals surface area contributed by atoms with Gasteiger partial charge in [-0.1, -0.05) is 12.8 Å². The summed E-state index contributed by atoms with van der Waals surface area (Å²) in [6, 6.07) is -0.0444. The van der Waals surface area contributed by atoms with Gasteiger partial charge in [0.25, 0.3) is 10.2 Å². The zero-order valence-corrected chi connectivity index (χ0v) is 11.3. The summed E-state index contributed by atoms with van der Waals surface area (Å²) in [5.74, 6) is 0. The summed E-state index contributed by atoms with van der Waals surface area (Å²) in [6.45, 7) is 4.76. The third-order valence-electron chi connectivity index (χ3n) is 3.49. The van der Waals surface area contributed by atoms with E-state index in [-0.39, 0.29) is 6.04 Å². The van der Waals surface area contributed by atoms with E-state index in [1.165, 1.54) is 0 Å². The van der Waals surface area contributed by atoms with Crippen molar-refractivity contribution >= 4 is 10.2 Å². The molecule has 0 unspecified atom stereocenters. The lowest BCUT2D eigenvalue weighted by Crippen LogP contribution is -2.53. The van der Waals surface area contributed by atoms with E-state index in [0.717, 1.165) is 25.7 Å². The van der Waals surface area contributed by atoms with Crippen molar-refractivity contribution in [2.24, 2.45) is 0 Å². The van der Waals surface area contributed by atoms with Crippen LogP contribution in [0.2, 0.25) is 0 Å². The average Bonchev–Trinajstić information content (AvgIpc) is 2.58. The Labute approximate surface area is 104 Å². The lowest BCUT2D eigenvalue weighted by atomic mass is 10.2. The molecule has 0 aromatic carbocycles. The molecule has 0 saturated carbocycles. The van der Waals surface area contributed by atoms with Crippen molar-refractivity contribution in [3.8, 4) is 0 Å². The monoisotopic (exact) mass is 262 g/mol. The molecule has 0 aromatic rings. The highest BCUT2D eigenvalue weighted by atomic mass is 32.2. The lowest BCUT2D eigenvalue weighted by molar-refractivity contribution is 0.0364. The topological polar surface area (TPSA) is 49.9 Å². The molecule has 2 fully saturated rings. The molecule has 0 bridgehead atoms. The molecule has 6 heteroatoms. The molecule has 0 radical (unpaired) electrons. The minimum Gasteiger partial charge on any atom is -0.378 e. The zero-order chi connectivity index (χ0) is 12.3. The summed E-state index contributed by atoms with van der Waals surface area (Å²) >= 11 is 0. The van der Waals surface area contributed by atoms with Crippen molar-refractivity contribution in [1.29, 1.82) is 0 Å². The SMILES string of the molecule is C[C@H]1COCCN1S(=O)(=O)N1CCCCCC1. The summed E-state index contributed by atoms with van der Waals surface area (Å²) in [5, 5.41) is 0. The maximum atomic E-state index is 12.5. The van der Waals surface area contributed by atoms with Crippen LogP contribution in [0.1, 0.15) is 32.6 Å². The number of morpholine rings is 1. The molecule has 1 atom stereocenters. The molecule has 17 heavy (non-hydrogen) atoms. The van der Waals surface area contributed by atoms with Crippen LogP contribution in [-0.4, -0.2) is 55.9 Å². The minimum absolute atomic E-state index is 0.0444. The van der Waals surface area contributed by atoms with E-state index in [2.05, 4.69) is 0 Å². The quantitative estimate of drug-likeness (QED) is 0.740. The molecule has 2 aliphatic rings. The summed E-state index contributed by atoms with van der Waals surface area (Å²) in [6.07, 6.45) is 4.26.